The fraction of sp³-hybridized carbons (Fsp3) is 0.938. The number of rotatable bonds is 8. The van der Waals surface area contributed by atoms with Gasteiger partial charge in [-0.15, -0.1) is 0 Å². The van der Waals surface area contributed by atoms with Crippen molar-refractivity contribution in [2.24, 2.45) is 0 Å². The van der Waals surface area contributed by atoms with E-state index in [0.29, 0.717) is 6.61 Å². The summed E-state index contributed by atoms with van der Waals surface area (Å²) < 4.78 is 29.8. The standard InChI is InChI=1S/C16H35NO6Si2/c1-11(18)17-13-15(19-2)14(23-25(7,8)9)12(22-16(13)20-3)10-21-24(4,5)6/h12-16H,10H2,1-9H3,(H,17,18). The van der Waals surface area contributed by atoms with Gasteiger partial charge in [-0.25, -0.2) is 0 Å². The lowest BCUT2D eigenvalue weighted by atomic mass is 9.96. The number of ether oxygens (including phenoxy) is 3. The van der Waals surface area contributed by atoms with Crippen LogP contribution in [0, 0.1) is 0 Å². The molecule has 1 aliphatic rings. The summed E-state index contributed by atoms with van der Waals surface area (Å²) in [5.74, 6) is -0.166. The van der Waals surface area contributed by atoms with Crippen molar-refractivity contribution in [1.29, 1.82) is 0 Å². The van der Waals surface area contributed by atoms with Crippen molar-refractivity contribution >= 4 is 22.5 Å². The van der Waals surface area contributed by atoms with Crippen LogP contribution in [0.1, 0.15) is 6.92 Å². The summed E-state index contributed by atoms with van der Waals surface area (Å²) in [6, 6.07) is -0.447. The normalized spacial score (nSPS) is 31.0. The smallest absolute Gasteiger partial charge is 0.217 e. The second kappa shape index (κ2) is 9.07. The molecule has 1 fully saturated rings. The van der Waals surface area contributed by atoms with Crippen molar-refractivity contribution in [3.8, 4) is 0 Å². The largest absolute Gasteiger partial charge is 0.415 e. The Kier molecular flexibility index (Phi) is 8.25. The van der Waals surface area contributed by atoms with Crippen LogP contribution in [0.2, 0.25) is 39.3 Å². The van der Waals surface area contributed by atoms with E-state index < -0.39 is 29.0 Å². The summed E-state index contributed by atoms with van der Waals surface area (Å²) in [6.45, 7) is 14.6. The highest BCUT2D eigenvalue weighted by Crippen LogP contribution is 2.29. The molecule has 7 nitrogen and oxygen atoms in total. The van der Waals surface area contributed by atoms with E-state index in [2.05, 4.69) is 44.6 Å². The Morgan fingerprint density at radius 2 is 1.60 bits per heavy atom. The molecule has 0 aliphatic carbocycles. The van der Waals surface area contributed by atoms with Crippen LogP contribution in [-0.2, 0) is 27.9 Å². The third kappa shape index (κ3) is 7.45. The van der Waals surface area contributed by atoms with Gasteiger partial charge in [0.25, 0.3) is 0 Å². The second-order valence-corrected chi connectivity index (χ2v) is 17.3. The maximum atomic E-state index is 11.6. The van der Waals surface area contributed by atoms with Crippen LogP contribution < -0.4 is 5.32 Å². The summed E-state index contributed by atoms with van der Waals surface area (Å²) in [7, 11) is -0.414. The molecule has 1 heterocycles. The Hall–Kier alpha value is -0.296. The SMILES string of the molecule is COC1OC(CO[Si](C)(C)C)C(O[Si](C)(C)C)C(OC)C1NC(C)=O. The molecule has 1 aliphatic heterocycles. The summed E-state index contributed by atoms with van der Waals surface area (Å²) >= 11 is 0. The highest BCUT2D eigenvalue weighted by Gasteiger charge is 2.49. The van der Waals surface area contributed by atoms with Gasteiger partial charge >= 0.3 is 0 Å². The van der Waals surface area contributed by atoms with E-state index in [-0.39, 0.29) is 24.2 Å². The van der Waals surface area contributed by atoms with Gasteiger partial charge in [-0.2, -0.15) is 0 Å². The predicted octanol–water partition coefficient (Wildman–Crippen LogP) is 1.95. The lowest BCUT2D eigenvalue weighted by molar-refractivity contribution is -0.262. The van der Waals surface area contributed by atoms with Crippen molar-refractivity contribution in [2.75, 3.05) is 20.8 Å². The van der Waals surface area contributed by atoms with Gasteiger partial charge in [-0.3, -0.25) is 4.79 Å². The lowest BCUT2D eigenvalue weighted by Gasteiger charge is -2.47. The highest BCUT2D eigenvalue weighted by molar-refractivity contribution is 6.70. The Morgan fingerprint density at radius 1 is 1.00 bits per heavy atom. The Morgan fingerprint density at radius 3 is 2.00 bits per heavy atom. The van der Waals surface area contributed by atoms with Crippen LogP contribution in [0.3, 0.4) is 0 Å². The van der Waals surface area contributed by atoms with E-state index in [9.17, 15) is 4.79 Å². The molecule has 5 unspecified atom stereocenters. The zero-order valence-corrected chi connectivity index (χ0v) is 19.0. The monoisotopic (exact) mass is 393 g/mol. The zero-order valence-electron chi connectivity index (χ0n) is 17.0. The van der Waals surface area contributed by atoms with Gasteiger partial charge in [-0.05, 0) is 39.3 Å². The molecule has 0 radical (unpaired) electrons. The molecule has 0 aromatic heterocycles. The third-order valence-corrected chi connectivity index (χ3v) is 5.70. The maximum absolute atomic E-state index is 11.6. The van der Waals surface area contributed by atoms with Crippen LogP contribution in [0.5, 0.6) is 0 Å². The highest BCUT2D eigenvalue weighted by atomic mass is 28.4. The molecule has 1 saturated heterocycles. The van der Waals surface area contributed by atoms with Gasteiger partial charge in [0.2, 0.25) is 5.91 Å². The average Bonchev–Trinajstić information content (AvgIpc) is 2.43. The molecule has 9 heteroatoms. The first-order chi connectivity index (χ1) is 11.4. The van der Waals surface area contributed by atoms with Crippen LogP contribution in [0.15, 0.2) is 0 Å². The minimum Gasteiger partial charge on any atom is -0.415 e. The summed E-state index contributed by atoms with van der Waals surface area (Å²) in [4.78, 5) is 11.6. The van der Waals surface area contributed by atoms with Crippen LogP contribution in [0.25, 0.3) is 0 Å². The van der Waals surface area contributed by atoms with Gasteiger partial charge in [-0.1, -0.05) is 0 Å². The van der Waals surface area contributed by atoms with Gasteiger partial charge in [0, 0.05) is 21.1 Å². The molecule has 0 aromatic rings. The molecular formula is C16H35NO6Si2. The van der Waals surface area contributed by atoms with E-state index in [0.717, 1.165) is 0 Å². The molecule has 0 spiro atoms. The van der Waals surface area contributed by atoms with E-state index in [1.54, 1.807) is 14.2 Å². The molecule has 1 amide bonds. The average molecular weight is 394 g/mol. The molecular weight excluding hydrogens is 358 g/mol. The van der Waals surface area contributed by atoms with Crippen LogP contribution >= 0.6 is 0 Å². The molecule has 25 heavy (non-hydrogen) atoms. The van der Waals surface area contributed by atoms with Crippen molar-refractivity contribution < 1.29 is 27.9 Å². The number of hydrogen-bond donors (Lipinski definition) is 1. The number of nitrogens with one attached hydrogen (secondary N) is 1. The van der Waals surface area contributed by atoms with Crippen molar-refractivity contribution in [3.63, 3.8) is 0 Å². The number of amides is 1. The lowest BCUT2D eigenvalue weighted by Crippen LogP contribution is -2.67. The number of carbonyl (C=O) groups is 1. The molecule has 0 aromatic carbocycles. The van der Waals surface area contributed by atoms with E-state index in [1.807, 2.05) is 0 Å². The molecule has 0 bridgehead atoms. The molecule has 148 valence electrons. The van der Waals surface area contributed by atoms with E-state index in [4.69, 9.17) is 23.1 Å². The van der Waals surface area contributed by atoms with Gasteiger partial charge in [0.1, 0.15) is 24.4 Å². The Balaban J connectivity index is 3.10. The maximum Gasteiger partial charge on any atom is 0.217 e. The molecule has 0 saturated carbocycles. The summed E-state index contributed by atoms with van der Waals surface area (Å²) in [6.07, 6.45) is -1.66. The number of methoxy groups -OCH3 is 2. The minimum absolute atomic E-state index is 0.166. The van der Waals surface area contributed by atoms with Gasteiger partial charge < -0.3 is 28.4 Å². The first-order valence-corrected chi connectivity index (χ1v) is 15.5. The Labute approximate surface area is 153 Å². The van der Waals surface area contributed by atoms with Crippen molar-refractivity contribution in [3.05, 3.63) is 0 Å². The molecule has 1 N–H and O–H groups in total. The second-order valence-electron chi connectivity index (χ2n) is 8.32. The fourth-order valence-electron chi connectivity index (χ4n) is 2.79. The summed E-state index contributed by atoms with van der Waals surface area (Å²) in [5, 5.41) is 2.88. The van der Waals surface area contributed by atoms with Crippen molar-refractivity contribution in [1.82, 2.24) is 5.32 Å². The van der Waals surface area contributed by atoms with Crippen LogP contribution in [0.4, 0.5) is 0 Å². The first-order valence-electron chi connectivity index (χ1n) is 8.68. The third-order valence-electron chi connectivity index (χ3n) is 3.69. The number of hydrogen-bond acceptors (Lipinski definition) is 6. The number of carbonyl (C=O) groups excluding carboxylic acids is 1. The first kappa shape index (κ1) is 22.7. The van der Waals surface area contributed by atoms with Gasteiger partial charge in [0.05, 0.1) is 6.61 Å². The van der Waals surface area contributed by atoms with Gasteiger partial charge in [0.15, 0.2) is 22.9 Å². The van der Waals surface area contributed by atoms with Crippen LogP contribution in [-0.4, -0.2) is 74.0 Å². The summed E-state index contributed by atoms with van der Waals surface area (Å²) in [5.41, 5.74) is 0. The topological polar surface area (TPSA) is 75.2 Å². The molecule has 1 rings (SSSR count). The van der Waals surface area contributed by atoms with Crippen molar-refractivity contribution in [2.45, 2.75) is 76.8 Å². The molecule has 5 atom stereocenters. The quantitative estimate of drug-likeness (QED) is 0.635. The van der Waals surface area contributed by atoms with E-state index in [1.165, 1.54) is 6.92 Å². The predicted molar refractivity (Wildman–Crippen MR) is 102 cm³/mol. The fourth-order valence-corrected chi connectivity index (χ4v) is 4.56. The zero-order chi connectivity index (χ0) is 19.4. The Bertz CT molecular complexity index is 437. The minimum atomic E-state index is -1.88. The van der Waals surface area contributed by atoms with E-state index >= 15 is 0 Å².